The van der Waals surface area contributed by atoms with Gasteiger partial charge in [0, 0.05) is 15.6 Å². The lowest BCUT2D eigenvalue weighted by molar-refractivity contribution is 0.0954. The zero-order valence-electron chi connectivity index (χ0n) is 15.7. The number of nitrogens with one attached hydrogen (secondary N) is 1. The van der Waals surface area contributed by atoms with Crippen LogP contribution in [0.15, 0.2) is 46.0 Å². The monoisotopic (exact) mass is 444 g/mol. The minimum atomic E-state index is -0.377. The second-order valence-corrected chi connectivity index (χ2v) is 6.50. The first-order valence-corrected chi connectivity index (χ1v) is 9.38. The molecule has 1 amide bonds. The van der Waals surface area contributed by atoms with E-state index in [0.29, 0.717) is 35.0 Å². The van der Waals surface area contributed by atoms with Crippen molar-refractivity contribution in [3.63, 3.8) is 0 Å². The van der Waals surface area contributed by atoms with Gasteiger partial charge in [-0.25, -0.2) is 5.43 Å². The van der Waals surface area contributed by atoms with E-state index in [2.05, 4.69) is 32.4 Å². The second kappa shape index (κ2) is 11.0. The molecule has 7 heteroatoms. The predicted molar refractivity (Wildman–Crippen MR) is 112 cm³/mol. The SMILES string of the molecule is C#CCOc1ccc(Br)cc1/C=N/NC(=O)c1ccc(OCCC)c(OC)c1. The Morgan fingerprint density at radius 2 is 2.00 bits per heavy atom. The lowest BCUT2D eigenvalue weighted by Gasteiger charge is -2.11. The predicted octanol–water partition coefficient (Wildman–Crippen LogP) is 4.02. The van der Waals surface area contributed by atoms with E-state index in [-0.39, 0.29) is 12.5 Å². The highest BCUT2D eigenvalue weighted by Gasteiger charge is 2.11. The molecule has 6 nitrogen and oxygen atoms in total. The summed E-state index contributed by atoms with van der Waals surface area (Å²) in [4.78, 5) is 12.4. The van der Waals surface area contributed by atoms with Gasteiger partial charge in [-0.15, -0.1) is 6.42 Å². The topological polar surface area (TPSA) is 69.2 Å². The van der Waals surface area contributed by atoms with E-state index in [1.807, 2.05) is 19.1 Å². The number of hydrogen-bond acceptors (Lipinski definition) is 5. The van der Waals surface area contributed by atoms with Crippen molar-refractivity contribution in [1.82, 2.24) is 5.43 Å². The van der Waals surface area contributed by atoms with Gasteiger partial charge in [0.25, 0.3) is 5.91 Å². The van der Waals surface area contributed by atoms with E-state index >= 15 is 0 Å². The zero-order valence-corrected chi connectivity index (χ0v) is 17.3. The summed E-state index contributed by atoms with van der Waals surface area (Å²) >= 11 is 3.39. The number of amides is 1. The summed E-state index contributed by atoms with van der Waals surface area (Å²) in [5.41, 5.74) is 3.56. The molecule has 1 N–H and O–H groups in total. The number of carbonyl (C=O) groups is 1. The van der Waals surface area contributed by atoms with Gasteiger partial charge in [0.2, 0.25) is 0 Å². The first-order valence-electron chi connectivity index (χ1n) is 8.59. The van der Waals surface area contributed by atoms with Crippen LogP contribution in [0.5, 0.6) is 17.2 Å². The number of hydrogen-bond donors (Lipinski definition) is 1. The average molecular weight is 445 g/mol. The molecular weight excluding hydrogens is 424 g/mol. The largest absolute Gasteiger partial charge is 0.493 e. The standard InChI is InChI=1S/C21H21BrN2O4/c1-4-10-27-18-9-7-17(22)12-16(18)14-23-24-21(25)15-6-8-19(28-11-5-2)20(13-15)26-3/h1,6-9,12-14H,5,10-11H2,2-3H3,(H,24,25)/b23-14+. The lowest BCUT2D eigenvalue weighted by atomic mass is 10.2. The number of nitrogens with zero attached hydrogens (tertiary/aromatic N) is 1. The molecule has 2 rings (SSSR count). The van der Waals surface area contributed by atoms with Gasteiger partial charge in [-0.2, -0.15) is 5.10 Å². The third-order valence-corrected chi connectivity index (χ3v) is 4.03. The quantitative estimate of drug-likeness (QED) is 0.360. The lowest BCUT2D eigenvalue weighted by Crippen LogP contribution is -2.17. The average Bonchev–Trinajstić information content (AvgIpc) is 2.71. The fourth-order valence-corrected chi connectivity index (χ4v) is 2.61. The summed E-state index contributed by atoms with van der Waals surface area (Å²) in [7, 11) is 1.53. The van der Waals surface area contributed by atoms with Crippen LogP contribution in [0, 0.1) is 12.3 Å². The smallest absolute Gasteiger partial charge is 0.271 e. The minimum Gasteiger partial charge on any atom is -0.493 e. The van der Waals surface area contributed by atoms with Crippen molar-refractivity contribution in [3.8, 4) is 29.6 Å². The van der Waals surface area contributed by atoms with Crippen molar-refractivity contribution in [3.05, 3.63) is 52.0 Å². The first-order chi connectivity index (χ1) is 13.6. The second-order valence-electron chi connectivity index (χ2n) is 5.59. The Morgan fingerprint density at radius 3 is 2.71 bits per heavy atom. The number of ether oxygens (including phenoxy) is 3. The molecule has 0 aliphatic heterocycles. The van der Waals surface area contributed by atoms with E-state index in [4.69, 9.17) is 20.6 Å². The molecule has 0 atom stereocenters. The molecule has 0 aliphatic carbocycles. The van der Waals surface area contributed by atoms with Crippen LogP contribution in [0.4, 0.5) is 0 Å². The maximum Gasteiger partial charge on any atom is 0.271 e. The van der Waals surface area contributed by atoms with Gasteiger partial charge in [-0.1, -0.05) is 28.8 Å². The molecule has 0 saturated heterocycles. The van der Waals surface area contributed by atoms with E-state index in [1.54, 1.807) is 24.3 Å². The molecule has 0 unspecified atom stereocenters. The van der Waals surface area contributed by atoms with Crippen molar-refractivity contribution in [1.29, 1.82) is 0 Å². The Hall–Kier alpha value is -2.98. The maximum absolute atomic E-state index is 12.4. The Morgan fingerprint density at radius 1 is 1.21 bits per heavy atom. The number of halogens is 1. The Labute approximate surface area is 173 Å². The van der Waals surface area contributed by atoms with Gasteiger partial charge in [0.15, 0.2) is 11.5 Å². The fraction of sp³-hybridized carbons (Fsp3) is 0.238. The molecule has 2 aromatic rings. The molecule has 0 aliphatic rings. The highest BCUT2D eigenvalue weighted by molar-refractivity contribution is 9.10. The first kappa shape index (κ1) is 21.3. The highest BCUT2D eigenvalue weighted by Crippen LogP contribution is 2.28. The molecule has 0 spiro atoms. The van der Waals surface area contributed by atoms with Crippen molar-refractivity contribution in [2.75, 3.05) is 20.3 Å². The number of terminal acetylenes is 1. The summed E-state index contributed by atoms with van der Waals surface area (Å²) in [6, 6.07) is 10.4. The summed E-state index contributed by atoms with van der Waals surface area (Å²) in [5, 5.41) is 4.01. The molecule has 0 saturated carbocycles. The van der Waals surface area contributed by atoms with Crippen molar-refractivity contribution in [2.24, 2.45) is 5.10 Å². The fourth-order valence-electron chi connectivity index (χ4n) is 2.24. The zero-order chi connectivity index (χ0) is 20.4. The summed E-state index contributed by atoms with van der Waals surface area (Å²) < 4.78 is 17.2. The normalized spacial score (nSPS) is 10.4. The third kappa shape index (κ3) is 6.03. The van der Waals surface area contributed by atoms with E-state index in [1.165, 1.54) is 13.3 Å². The number of benzene rings is 2. The van der Waals surface area contributed by atoms with Crippen molar-refractivity contribution in [2.45, 2.75) is 13.3 Å². The van der Waals surface area contributed by atoms with Crippen LogP contribution in [0.25, 0.3) is 0 Å². The summed E-state index contributed by atoms with van der Waals surface area (Å²) in [5.74, 6) is 3.68. The van der Waals surface area contributed by atoms with E-state index in [0.717, 1.165) is 10.9 Å². The van der Waals surface area contributed by atoms with Crippen LogP contribution < -0.4 is 19.6 Å². The van der Waals surface area contributed by atoms with E-state index < -0.39 is 0 Å². The van der Waals surface area contributed by atoms with Crippen LogP contribution in [-0.4, -0.2) is 32.4 Å². The van der Waals surface area contributed by atoms with Gasteiger partial charge in [0.1, 0.15) is 12.4 Å². The summed E-state index contributed by atoms with van der Waals surface area (Å²) in [6.07, 6.45) is 7.60. The van der Waals surface area contributed by atoms with Gasteiger partial charge in [-0.3, -0.25) is 4.79 Å². The Balaban J connectivity index is 2.09. The molecule has 146 valence electrons. The van der Waals surface area contributed by atoms with Crippen LogP contribution >= 0.6 is 15.9 Å². The molecule has 0 radical (unpaired) electrons. The third-order valence-electron chi connectivity index (χ3n) is 3.54. The molecule has 0 aromatic heterocycles. The molecular formula is C21H21BrN2O4. The molecule has 0 bridgehead atoms. The number of carbonyl (C=O) groups excluding carboxylic acids is 1. The maximum atomic E-state index is 12.4. The highest BCUT2D eigenvalue weighted by atomic mass is 79.9. The van der Waals surface area contributed by atoms with Gasteiger partial charge >= 0.3 is 0 Å². The van der Waals surface area contributed by atoms with Gasteiger partial charge in [0.05, 0.1) is 19.9 Å². The molecule has 28 heavy (non-hydrogen) atoms. The number of rotatable bonds is 9. The molecule has 0 fully saturated rings. The van der Waals surface area contributed by atoms with Crippen LogP contribution in [0.1, 0.15) is 29.3 Å². The number of hydrazone groups is 1. The number of methoxy groups -OCH3 is 1. The Kier molecular flexibility index (Phi) is 8.37. The Bertz CT molecular complexity index is 890. The van der Waals surface area contributed by atoms with Crippen molar-refractivity contribution < 1.29 is 19.0 Å². The summed E-state index contributed by atoms with van der Waals surface area (Å²) in [6.45, 7) is 2.73. The van der Waals surface area contributed by atoms with Crippen molar-refractivity contribution >= 4 is 28.1 Å². The van der Waals surface area contributed by atoms with Gasteiger partial charge in [-0.05, 0) is 42.8 Å². The molecule has 2 aromatic carbocycles. The van der Waals surface area contributed by atoms with Crippen LogP contribution in [0.2, 0.25) is 0 Å². The minimum absolute atomic E-state index is 0.140. The van der Waals surface area contributed by atoms with Crippen LogP contribution in [-0.2, 0) is 0 Å². The molecule has 0 heterocycles. The van der Waals surface area contributed by atoms with Gasteiger partial charge < -0.3 is 14.2 Å². The van der Waals surface area contributed by atoms with Crippen LogP contribution in [0.3, 0.4) is 0 Å². The van der Waals surface area contributed by atoms with E-state index in [9.17, 15) is 4.79 Å².